The molecule has 2 aliphatic rings. The van der Waals surface area contributed by atoms with Crippen molar-refractivity contribution in [1.29, 1.82) is 0 Å². The van der Waals surface area contributed by atoms with Crippen LogP contribution in [0.15, 0.2) is 0 Å². The van der Waals surface area contributed by atoms with Crippen LogP contribution in [0.1, 0.15) is 26.2 Å². The fourth-order valence-electron chi connectivity index (χ4n) is 2.02. The Labute approximate surface area is 92.9 Å². The predicted octanol–water partition coefficient (Wildman–Crippen LogP) is 0.0654. The molecule has 1 heterocycles. The number of rotatable bonds is 4. The quantitative estimate of drug-likeness (QED) is 0.743. The lowest BCUT2D eigenvalue weighted by atomic mass is 10.2. The number of amides is 1. The second kappa shape index (κ2) is 3.87. The molecule has 1 amide bonds. The van der Waals surface area contributed by atoms with Crippen LogP contribution >= 0.6 is 0 Å². The van der Waals surface area contributed by atoms with Crippen molar-refractivity contribution in [3.05, 3.63) is 0 Å². The first-order valence-corrected chi connectivity index (χ1v) is 7.14. The molecule has 0 radical (unpaired) electrons. The number of hydrogen-bond donors (Lipinski definition) is 1. The smallest absolute Gasteiger partial charge is 0.244 e. The van der Waals surface area contributed by atoms with Crippen molar-refractivity contribution in [2.24, 2.45) is 0 Å². The van der Waals surface area contributed by atoms with E-state index in [1.54, 1.807) is 6.26 Å². The highest BCUT2D eigenvalue weighted by Gasteiger charge is 2.56. The molecule has 2 atom stereocenters. The summed E-state index contributed by atoms with van der Waals surface area (Å²) in [7, 11) is -0.759. The molecule has 2 rings (SSSR count). The molecule has 4 nitrogen and oxygen atoms in total. The molecule has 1 aliphatic heterocycles. The number of carbonyl (C=O) groups excluding carboxylic acids is 1. The summed E-state index contributed by atoms with van der Waals surface area (Å²) in [4.78, 5) is 13.9. The third kappa shape index (κ3) is 2.08. The van der Waals surface area contributed by atoms with Gasteiger partial charge in [-0.25, -0.2) is 0 Å². The topological polar surface area (TPSA) is 49.4 Å². The predicted molar refractivity (Wildman–Crippen MR) is 59.8 cm³/mol. The van der Waals surface area contributed by atoms with Crippen LogP contribution in [0, 0.1) is 0 Å². The maximum absolute atomic E-state index is 12.0. The largest absolute Gasteiger partial charge is 0.326 e. The third-order valence-corrected chi connectivity index (χ3v) is 4.17. The minimum absolute atomic E-state index is 0.195. The van der Waals surface area contributed by atoms with Crippen molar-refractivity contribution in [2.45, 2.75) is 37.8 Å². The second-order valence-corrected chi connectivity index (χ2v) is 6.16. The van der Waals surface area contributed by atoms with E-state index in [0.717, 1.165) is 19.3 Å². The van der Waals surface area contributed by atoms with Crippen LogP contribution in [0.4, 0.5) is 0 Å². The van der Waals surface area contributed by atoms with Crippen LogP contribution < -0.4 is 5.32 Å². The summed E-state index contributed by atoms with van der Waals surface area (Å²) < 4.78 is 11.0. The summed E-state index contributed by atoms with van der Waals surface area (Å²) in [6.07, 6.45) is 4.50. The van der Waals surface area contributed by atoms with E-state index < -0.39 is 10.8 Å². The van der Waals surface area contributed by atoms with Crippen molar-refractivity contribution in [3.8, 4) is 0 Å². The van der Waals surface area contributed by atoms with E-state index in [2.05, 4.69) is 5.32 Å². The average molecular weight is 230 g/mol. The number of hydrogen-bond acceptors (Lipinski definition) is 3. The van der Waals surface area contributed by atoms with E-state index in [1.807, 2.05) is 11.8 Å². The maximum atomic E-state index is 12.0. The Morgan fingerprint density at radius 2 is 2.27 bits per heavy atom. The van der Waals surface area contributed by atoms with Crippen LogP contribution in [0.3, 0.4) is 0 Å². The van der Waals surface area contributed by atoms with Crippen molar-refractivity contribution >= 4 is 16.7 Å². The SMILES string of the molecule is CC(CCS(C)=O)N1CNC2(CC2)C1=O. The Bertz CT molecular complexity index is 302. The van der Waals surface area contributed by atoms with Gasteiger partial charge in [0.05, 0.1) is 12.2 Å². The summed E-state index contributed by atoms with van der Waals surface area (Å²) in [5.41, 5.74) is -0.195. The first kappa shape index (κ1) is 11.1. The number of nitrogens with one attached hydrogen (secondary N) is 1. The van der Waals surface area contributed by atoms with Crippen LogP contribution in [0.5, 0.6) is 0 Å². The summed E-state index contributed by atoms with van der Waals surface area (Å²) >= 11 is 0. The molecule has 0 aromatic heterocycles. The van der Waals surface area contributed by atoms with Gasteiger partial charge in [-0.2, -0.15) is 0 Å². The van der Waals surface area contributed by atoms with E-state index in [1.165, 1.54) is 0 Å². The van der Waals surface area contributed by atoms with Crippen LogP contribution in [-0.2, 0) is 15.6 Å². The lowest BCUT2D eigenvalue weighted by Gasteiger charge is -2.23. The van der Waals surface area contributed by atoms with Crippen molar-refractivity contribution < 1.29 is 9.00 Å². The van der Waals surface area contributed by atoms with Crippen LogP contribution in [0.25, 0.3) is 0 Å². The van der Waals surface area contributed by atoms with Crippen molar-refractivity contribution in [3.63, 3.8) is 0 Å². The summed E-state index contributed by atoms with van der Waals surface area (Å²) in [5.74, 6) is 0.926. The van der Waals surface area contributed by atoms with Gasteiger partial charge >= 0.3 is 0 Å². The number of carbonyl (C=O) groups is 1. The lowest BCUT2D eigenvalue weighted by molar-refractivity contribution is -0.131. The van der Waals surface area contributed by atoms with E-state index >= 15 is 0 Å². The van der Waals surface area contributed by atoms with Gasteiger partial charge in [0.2, 0.25) is 5.91 Å². The first-order chi connectivity index (χ1) is 7.05. The molecule has 2 fully saturated rings. The zero-order chi connectivity index (χ0) is 11.1. The van der Waals surface area contributed by atoms with Gasteiger partial charge < -0.3 is 4.90 Å². The zero-order valence-corrected chi connectivity index (χ0v) is 10.1. The van der Waals surface area contributed by atoms with Crippen molar-refractivity contribution in [2.75, 3.05) is 18.7 Å². The Balaban J connectivity index is 1.88. The monoisotopic (exact) mass is 230 g/mol. The average Bonchev–Trinajstić information content (AvgIpc) is 2.88. The standard InChI is InChI=1S/C10H18N2O2S/c1-8(3-6-15(2)14)12-7-11-10(4-5-10)9(12)13/h8,11H,3-7H2,1-2H3. The summed E-state index contributed by atoms with van der Waals surface area (Å²) in [5, 5.41) is 3.28. The highest BCUT2D eigenvalue weighted by atomic mass is 32.2. The lowest BCUT2D eigenvalue weighted by Crippen LogP contribution is -2.38. The van der Waals surface area contributed by atoms with Crippen LogP contribution in [-0.4, -0.2) is 45.3 Å². The van der Waals surface area contributed by atoms with Gasteiger partial charge in [0.15, 0.2) is 0 Å². The molecule has 15 heavy (non-hydrogen) atoms. The minimum atomic E-state index is -0.759. The molecule has 5 heteroatoms. The molecular weight excluding hydrogens is 212 g/mol. The summed E-state index contributed by atoms with van der Waals surface area (Å²) in [6.45, 7) is 2.70. The van der Waals surface area contributed by atoms with Gasteiger partial charge in [-0.3, -0.25) is 14.3 Å². The molecule has 1 spiro atoms. The minimum Gasteiger partial charge on any atom is -0.326 e. The summed E-state index contributed by atoms with van der Waals surface area (Å²) in [6, 6.07) is 0.203. The normalized spacial score (nSPS) is 27.1. The molecule has 1 saturated carbocycles. The second-order valence-electron chi connectivity index (χ2n) is 4.61. The van der Waals surface area contributed by atoms with E-state index in [9.17, 15) is 9.00 Å². The van der Waals surface area contributed by atoms with E-state index in [4.69, 9.17) is 0 Å². The molecule has 1 N–H and O–H groups in total. The molecule has 2 unspecified atom stereocenters. The molecule has 1 aliphatic carbocycles. The Kier molecular flexibility index (Phi) is 2.85. The maximum Gasteiger partial charge on any atom is 0.244 e. The molecule has 0 aromatic carbocycles. The highest BCUT2D eigenvalue weighted by Crippen LogP contribution is 2.40. The van der Waals surface area contributed by atoms with Gasteiger partial charge in [-0.1, -0.05) is 0 Å². The van der Waals surface area contributed by atoms with Crippen LogP contribution in [0.2, 0.25) is 0 Å². The Morgan fingerprint density at radius 1 is 1.60 bits per heavy atom. The van der Waals surface area contributed by atoms with Gasteiger partial charge in [0, 0.05) is 28.9 Å². The molecule has 86 valence electrons. The Morgan fingerprint density at radius 3 is 2.73 bits per heavy atom. The third-order valence-electron chi connectivity index (χ3n) is 3.36. The van der Waals surface area contributed by atoms with E-state index in [0.29, 0.717) is 12.4 Å². The van der Waals surface area contributed by atoms with Gasteiger partial charge in [0.1, 0.15) is 0 Å². The fraction of sp³-hybridized carbons (Fsp3) is 0.900. The van der Waals surface area contributed by atoms with Gasteiger partial charge in [-0.15, -0.1) is 0 Å². The number of nitrogens with zero attached hydrogens (tertiary/aromatic N) is 1. The fourth-order valence-corrected chi connectivity index (χ4v) is 2.70. The zero-order valence-electron chi connectivity index (χ0n) is 9.28. The molecular formula is C10H18N2O2S. The van der Waals surface area contributed by atoms with Gasteiger partial charge in [0.25, 0.3) is 0 Å². The van der Waals surface area contributed by atoms with Gasteiger partial charge in [-0.05, 0) is 26.2 Å². The molecule has 1 saturated heterocycles. The molecule has 0 aromatic rings. The first-order valence-electron chi connectivity index (χ1n) is 5.41. The highest BCUT2D eigenvalue weighted by molar-refractivity contribution is 7.84. The van der Waals surface area contributed by atoms with Crippen molar-refractivity contribution in [1.82, 2.24) is 10.2 Å². The molecule has 0 bridgehead atoms. The van der Waals surface area contributed by atoms with E-state index in [-0.39, 0.29) is 17.5 Å². The Hall–Kier alpha value is -0.420.